The van der Waals surface area contributed by atoms with E-state index in [1.165, 1.54) is 0 Å². The van der Waals surface area contributed by atoms with E-state index in [2.05, 4.69) is 15.6 Å². The highest BCUT2D eigenvalue weighted by Crippen LogP contribution is 2.22. The van der Waals surface area contributed by atoms with E-state index in [1.54, 1.807) is 0 Å². The minimum atomic E-state index is -0.278. The van der Waals surface area contributed by atoms with E-state index in [1.807, 2.05) is 27.7 Å². The first-order valence-electron chi connectivity index (χ1n) is 6.49. The number of aryl methyl sites for hydroxylation is 2. The molecule has 0 fully saturated rings. The molecule has 0 radical (unpaired) electrons. The van der Waals surface area contributed by atoms with Crippen molar-refractivity contribution in [1.29, 1.82) is 0 Å². The molecule has 0 saturated carbocycles. The Morgan fingerprint density at radius 1 is 1.47 bits per heavy atom. The van der Waals surface area contributed by atoms with Gasteiger partial charge in [-0.25, -0.2) is 0 Å². The molecule has 0 aliphatic heterocycles. The third-order valence-electron chi connectivity index (χ3n) is 3.44. The summed E-state index contributed by atoms with van der Waals surface area (Å²) in [5.74, 6) is 1.14. The first kappa shape index (κ1) is 15.5. The van der Waals surface area contributed by atoms with Gasteiger partial charge in [0.1, 0.15) is 11.6 Å². The van der Waals surface area contributed by atoms with Crippen molar-refractivity contribution in [3.05, 3.63) is 17.0 Å². The maximum Gasteiger partial charge on any atom is 0.144 e. The summed E-state index contributed by atoms with van der Waals surface area (Å²) in [5, 5.41) is 19.0. The minimum Gasteiger partial charge on any atom is -0.409 e. The summed E-state index contributed by atoms with van der Waals surface area (Å²) in [6.07, 6.45) is 1.81. The SMILES string of the molecule is Cc1noc(C)c1CNCCCC(C)(C)C(N)=NO. The molecule has 6 heteroatoms. The van der Waals surface area contributed by atoms with Crippen LogP contribution < -0.4 is 11.1 Å². The van der Waals surface area contributed by atoms with Crippen molar-refractivity contribution >= 4 is 5.84 Å². The zero-order chi connectivity index (χ0) is 14.5. The molecule has 0 aliphatic rings. The first-order valence-corrected chi connectivity index (χ1v) is 6.49. The van der Waals surface area contributed by atoms with Gasteiger partial charge in [-0.15, -0.1) is 0 Å². The lowest BCUT2D eigenvalue weighted by molar-refractivity contribution is 0.304. The normalized spacial score (nSPS) is 12.9. The van der Waals surface area contributed by atoms with Gasteiger partial charge in [-0.1, -0.05) is 24.2 Å². The number of nitrogens with one attached hydrogen (secondary N) is 1. The molecule has 0 aromatic carbocycles. The van der Waals surface area contributed by atoms with Crippen LogP contribution in [-0.4, -0.2) is 22.7 Å². The molecular weight excluding hydrogens is 244 g/mol. The third-order valence-corrected chi connectivity index (χ3v) is 3.44. The maximum absolute atomic E-state index is 8.69. The molecule has 4 N–H and O–H groups in total. The summed E-state index contributed by atoms with van der Waals surface area (Å²) in [7, 11) is 0. The lowest BCUT2D eigenvalue weighted by Gasteiger charge is -2.22. The number of nitrogens with zero attached hydrogens (tertiary/aromatic N) is 2. The highest BCUT2D eigenvalue weighted by Gasteiger charge is 2.22. The second-order valence-corrected chi connectivity index (χ2v) is 5.45. The Morgan fingerprint density at radius 3 is 2.68 bits per heavy atom. The molecule has 0 atom stereocenters. The molecule has 0 spiro atoms. The van der Waals surface area contributed by atoms with E-state index >= 15 is 0 Å². The van der Waals surface area contributed by atoms with E-state index in [9.17, 15) is 0 Å². The molecule has 6 nitrogen and oxygen atoms in total. The first-order chi connectivity index (χ1) is 8.88. The number of hydrogen-bond acceptors (Lipinski definition) is 5. The number of oxime groups is 1. The quantitative estimate of drug-likeness (QED) is 0.231. The van der Waals surface area contributed by atoms with Crippen LogP contribution in [0, 0.1) is 19.3 Å². The van der Waals surface area contributed by atoms with Gasteiger partial charge in [-0.2, -0.15) is 0 Å². The predicted molar refractivity (Wildman–Crippen MR) is 74.1 cm³/mol. The maximum atomic E-state index is 8.69. The molecule has 0 aliphatic carbocycles. The molecule has 108 valence electrons. The number of hydrogen-bond donors (Lipinski definition) is 3. The Kier molecular flexibility index (Phi) is 5.35. The van der Waals surface area contributed by atoms with Gasteiger partial charge in [0.25, 0.3) is 0 Å². The fraction of sp³-hybridized carbons (Fsp3) is 0.692. The van der Waals surface area contributed by atoms with Gasteiger partial charge < -0.3 is 20.8 Å². The van der Waals surface area contributed by atoms with Crippen LogP contribution in [0.1, 0.15) is 43.7 Å². The van der Waals surface area contributed by atoms with Gasteiger partial charge >= 0.3 is 0 Å². The molecule has 0 saturated heterocycles. The summed E-state index contributed by atoms with van der Waals surface area (Å²) in [6, 6.07) is 0. The second-order valence-electron chi connectivity index (χ2n) is 5.45. The van der Waals surface area contributed by atoms with Crippen LogP contribution in [0.25, 0.3) is 0 Å². The van der Waals surface area contributed by atoms with Crippen molar-refractivity contribution in [3.8, 4) is 0 Å². The highest BCUT2D eigenvalue weighted by molar-refractivity contribution is 5.85. The lowest BCUT2D eigenvalue weighted by atomic mass is 9.86. The number of aromatic nitrogens is 1. The van der Waals surface area contributed by atoms with Crippen molar-refractivity contribution in [2.75, 3.05) is 6.54 Å². The Bertz CT molecular complexity index is 418. The second kappa shape index (κ2) is 6.56. The molecular formula is C13H24N4O2. The van der Waals surface area contributed by atoms with Gasteiger partial charge in [0.15, 0.2) is 0 Å². The van der Waals surface area contributed by atoms with E-state index in [0.29, 0.717) is 0 Å². The van der Waals surface area contributed by atoms with Gasteiger partial charge in [0.2, 0.25) is 0 Å². The van der Waals surface area contributed by atoms with E-state index in [4.69, 9.17) is 15.5 Å². The van der Waals surface area contributed by atoms with Crippen molar-refractivity contribution in [2.45, 2.75) is 47.1 Å². The Labute approximate surface area is 114 Å². The van der Waals surface area contributed by atoms with Gasteiger partial charge in [-0.3, -0.25) is 0 Å². The summed E-state index contributed by atoms with van der Waals surface area (Å²) in [6.45, 7) is 9.41. The van der Waals surface area contributed by atoms with Crippen LogP contribution in [0.5, 0.6) is 0 Å². The number of nitrogens with two attached hydrogens (primary N) is 1. The Balaban J connectivity index is 2.29. The molecule has 1 rings (SSSR count). The van der Waals surface area contributed by atoms with Gasteiger partial charge in [0, 0.05) is 17.5 Å². The van der Waals surface area contributed by atoms with Crippen LogP contribution >= 0.6 is 0 Å². The van der Waals surface area contributed by atoms with Crippen LogP contribution in [-0.2, 0) is 6.54 Å². The molecule has 1 aromatic heterocycles. The number of amidine groups is 1. The molecule has 0 bridgehead atoms. The zero-order valence-electron chi connectivity index (χ0n) is 12.2. The lowest BCUT2D eigenvalue weighted by Crippen LogP contribution is -2.32. The molecule has 0 unspecified atom stereocenters. The van der Waals surface area contributed by atoms with Gasteiger partial charge in [0.05, 0.1) is 5.69 Å². The van der Waals surface area contributed by atoms with E-state index < -0.39 is 0 Å². The van der Waals surface area contributed by atoms with Crippen molar-refractivity contribution in [3.63, 3.8) is 0 Å². The largest absolute Gasteiger partial charge is 0.409 e. The Morgan fingerprint density at radius 2 is 2.16 bits per heavy atom. The molecule has 19 heavy (non-hydrogen) atoms. The topological polar surface area (TPSA) is 96.7 Å². The van der Waals surface area contributed by atoms with E-state index in [-0.39, 0.29) is 11.3 Å². The van der Waals surface area contributed by atoms with Crippen molar-refractivity contribution in [2.24, 2.45) is 16.3 Å². The highest BCUT2D eigenvalue weighted by atomic mass is 16.5. The summed E-state index contributed by atoms with van der Waals surface area (Å²) < 4.78 is 5.10. The summed E-state index contributed by atoms with van der Waals surface area (Å²) >= 11 is 0. The fourth-order valence-corrected chi connectivity index (χ4v) is 1.89. The molecule has 1 heterocycles. The number of rotatable bonds is 7. The third kappa shape index (κ3) is 4.24. The zero-order valence-corrected chi connectivity index (χ0v) is 12.2. The molecule has 0 amide bonds. The monoisotopic (exact) mass is 268 g/mol. The standard InChI is InChI=1S/C13H24N4O2/c1-9-11(10(2)19-17-9)8-15-7-5-6-13(3,4)12(14)16-18/h15,18H,5-8H2,1-4H3,(H2,14,16). The van der Waals surface area contributed by atoms with Crippen LogP contribution in [0.4, 0.5) is 0 Å². The van der Waals surface area contributed by atoms with Crippen molar-refractivity contribution < 1.29 is 9.73 Å². The predicted octanol–water partition coefficient (Wildman–Crippen LogP) is 1.93. The fourth-order valence-electron chi connectivity index (χ4n) is 1.89. The van der Waals surface area contributed by atoms with Crippen LogP contribution in [0.15, 0.2) is 9.68 Å². The average Bonchev–Trinajstić information content (AvgIpc) is 2.68. The Hall–Kier alpha value is -1.56. The smallest absolute Gasteiger partial charge is 0.144 e. The van der Waals surface area contributed by atoms with Crippen LogP contribution in [0.2, 0.25) is 0 Å². The van der Waals surface area contributed by atoms with Gasteiger partial charge in [-0.05, 0) is 33.2 Å². The van der Waals surface area contributed by atoms with Crippen molar-refractivity contribution in [1.82, 2.24) is 10.5 Å². The summed E-state index contributed by atoms with van der Waals surface area (Å²) in [5.41, 5.74) is 7.42. The average molecular weight is 268 g/mol. The van der Waals surface area contributed by atoms with E-state index in [0.717, 1.165) is 42.9 Å². The van der Waals surface area contributed by atoms with Crippen LogP contribution in [0.3, 0.4) is 0 Å². The molecule has 1 aromatic rings. The summed E-state index contributed by atoms with van der Waals surface area (Å²) in [4.78, 5) is 0. The minimum absolute atomic E-state index is 0.276.